The predicted molar refractivity (Wildman–Crippen MR) is 72.3 cm³/mol. The van der Waals surface area contributed by atoms with Gasteiger partial charge in [-0.1, -0.05) is 12.1 Å². The van der Waals surface area contributed by atoms with Crippen molar-refractivity contribution < 1.29 is 9.31 Å². The fourth-order valence-electron chi connectivity index (χ4n) is 1.65. The van der Waals surface area contributed by atoms with Gasteiger partial charge in [-0.25, -0.2) is 4.39 Å². The molecule has 0 spiro atoms. The van der Waals surface area contributed by atoms with Gasteiger partial charge in [0.05, 0.1) is 10.6 Å². The van der Waals surface area contributed by atoms with E-state index >= 15 is 0 Å². The Morgan fingerprint density at radius 1 is 1.16 bits per heavy atom. The minimum atomic E-state index is -0.493. The second kappa shape index (κ2) is 5.34. The number of anilines is 3. The van der Waals surface area contributed by atoms with Gasteiger partial charge in [0.25, 0.3) is 5.69 Å². The van der Waals surface area contributed by atoms with Crippen molar-refractivity contribution >= 4 is 22.7 Å². The molecule has 0 saturated carbocycles. The number of hydrogen-bond acceptors (Lipinski definition) is 4. The van der Waals surface area contributed by atoms with E-state index in [1.165, 1.54) is 18.2 Å². The highest BCUT2D eigenvalue weighted by atomic mass is 19.1. The Bertz CT molecular complexity index is 617. The zero-order chi connectivity index (χ0) is 13.8. The number of nitro groups is 1. The topological polar surface area (TPSA) is 67.2 Å². The quantitative estimate of drug-likeness (QED) is 0.652. The van der Waals surface area contributed by atoms with Crippen LogP contribution in [0.25, 0.3) is 0 Å². The van der Waals surface area contributed by atoms with E-state index in [-0.39, 0.29) is 11.4 Å². The Morgan fingerprint density at radius 2 is 1.84 bits per heavy atom. The number of para-hydroxylation sites is 1. The molecule has 2 N–H and O–H groups in total. The molecule has 0 heterocycles. The molecular formula is C13H12FN3O2. The second-order valence-corrected chi connectivity index (χ2v) is 3.88. The number of rotatable bonds is 4. The number of nitro benzene ring substituents is 1. The van der Waals surface area contributed by atoms with Crippen LogP contribution in [0.15, 0.2) is 42.5 Å². The smallest absolute Gasteiger partial charge is 0.273 e. The highest BCUT2D eigenvalue weighted by molar-refractivity contribution is 5.68. The van der Waals surface area contributed by atoms with E-state index in [1.807, 2.05) is 0 Å². The Labute approximate surface area is 109 Å². The third-order valence-corrected chi connectivity index (χ3v) is 2.57. The molecule has 2 aromatic rings. The van der Waals surface area contributed by atoms with Gasteiger partial charge in [-0.2, -0.15) is 0 Å². The summed E-state index contributed by atoms with van der Waals surface area (Å²) in [5.41, 5.74) is 1.23. The minimum absolute atomic E-state index is 0.0642. The SMILES string of the molecule is CNc1cc(Nc2ccccc2F)cc([N+](=O)[O-])c1. The fourth-order valence-corrected chi connectivity index (χ4v) is 1.65. The third kappa shape index (κ3) is 2.98. The van der Waals surface area contributed by atoms with Gasteiger partial charge in [0.1, 0.15) is 5.82 Å². The Kier molecular flexibility index (Phi) is 3.61. The monoisotopic (exact) mass is 261 g/mol. The van der Waals surface area contributed by atoms with Crippen LogP contribution in [0.1, 0.15) is 0 Å². The predicted octanol–water partition coefficient (Wildman–Crippen LogP) is 3.52. The molecule has 19 heavy (non-hydrogen) atoms. The molecule has 0 aliphatic carbocycles. The van der Waals surface area contributed by atoms with Crippen LogP contribution in [-0.4, -0.2) is 12.0 Å². The largest absolute Gasteiger partial charge is 0.388 e. The first-order valence-electron chi connectivity index (χ1n) is 5.59. The van der Waals surface area contributed by atoms with Gasteiger partial charge < -0.3 is 10.6 Å². The summed E-state index contributed by atoms with van der Waals surface area (Å²) in [5.74, 6) is -0.417. The highest BCUT2D eigenvalue weighted by Gasteiger charge is 2.10. The molecule has 0 amide bonds. The van der Waals surface area contributed by atoms with E-state index in [4.69, 9.17) is 0 Å². The molecule has 0 radical (unpaired) electrons. The first-order chi connectivity index (χ1) is 9.10. The first-order valence-corrected chi connectivity index (χ1v) is 5.59. The van der Waals surface area contributed by atoms with Gasteiger partial charge in [0.2, 0.25) is 0 Å². The molecule has 5 nitrogen and oxygen atoms in total. The molecule has 2 rings (SSSR count). The number of non-ortho nitro benzene ring substituents is 1. The average molecular weight is 261 g/mol. The number of hydrogen-bond donors (Lipinski definition) is 2. The molecule has 0 fully saturated rings. The van der Waals surface area contributed by atoms with E-state index in [9.17, 15) is 14.5 Å². The maximum Gasteiger partial charge on any atom is 0.273 e. The molecule has 98 valence electrons. The zero-order valence-corrected chi connectivity index (χ0v) is 10.2. The van der Waals surface area contributed by atoms with Crippen molar-refractivity contribution in [2.45, 2.75) is 0 Å². The van der Waals surface area contributed by atoms with Crippen molar-refractivity contribution in [3.8, 4) is 0 Å². The van der Waals surface area contributed by atoms with Gasteiger partial charge >= 0.3 is 0 Å². The van der Waals surface area contributed by atoms with E-state index in [0.717, 1.165) is 0 Å². The third-order valence-electron chi connectivity index (χ3n) is 2.57. The molecule has 6 heteroatoms. The lowest BCUT2D eigenvalue weighted by Gasteiger charge is -2.09. The van der Waals surface area contributed by atoms with Crippen molar-refractivity contribution in [1.82, 2.24) is 0 Å². The van der Waals surface area contributed by atoms with E-state index < -0.39 is 10.7 Å². The minimum Gasteiger partial charge on any atom is -0.388 e. The molecule has 0 bridgehead atoms. The Hall–Kier alpha value is -2.63. The van der Waals surface area contributed by atoms with Crippen LogP contribution in [0.2, 0.25) is 0 Å². The van der Waals surface area contributed by atoms with Gasteiger partial charge in [0, 0.05) is 30.6 Å². The number of nitrogens with one attached hydrogen (secondary N) is 2. The molecule has 0 aromatic heterocycles. The van der Waals surface area contributed by atoms with Gasteiger partial charge in [-0.05, 0) is 18.2 Å². The molecule has 0 saturated heterocycles. The highest BCUT2D eigenvalue weighted by Crippen LogP contribution is 2.27. The fraction of sp³-hybridized carbons (Fsp3) is 0.0769. The number of halogens is 1. The summed E-state index contributed by atoms with van der Waals surface area (Å²) in [6, 6.07) is 10.6. The van der Waals surface area contributed by atoms with Gasteiger partial charge in [-0.15, -0.1) is 0 Å². The van der Waals surface area contributed by atoms with Crippen LogP contribution in [-0.2, 0) is 0 Å². The normalized spacial score (nSPS) is 10.0. The summed E-state index contributed by atoms with van der Waals surface area (Å²) >= 11 is 0. The maximum absolute atomic E-state index is 13.5. The summed E-state index contributed by atoms with van der Waals surface area (Å²) in [7, 11) is 1.66. The summed E-state index contributed by atoms with van der Waals surface area (Å²) in [6.45, 7) is 0. The lowest BCUT2D eigenvalue weighted by molar-refractivity contribution is -0.384. The molecule has 2 aromatic carbocycles. The van der Waals surface area contributed by atoms with Crippen LogP contribution in [0.5, 0.6) is 0 Å². The second-order valence-electron chi connectivity index (χ2n) is 3.88. The number of benzene rings is 2. The molecular weight excluding hydrogens is 249 g/mol. The van der Waals surface area contributed by atoms with Crippen molar-refractivity contribution in [3.05, 3.63) is 58.4 Å². The van der Waals surface area contributed by atoms with Crippen LogP contribution >= 0.6 is 0 Å². The summed E-state index contributed by atoms with van der Waals surface area (Å²) in [4.78, 5) is 10.3. The molecule has 0 aliphatic rings. The lowest BCUT2D eigenvalue weighted by atomic mass is 10.2. The molecule has 0 aliphatic heterocycles. The van der Waals surface area contributed by atoms with Crippen molar-refractivity contribution in [2.24, 2.45) is 0 Å². The summed E-state index contributed by atoms with van der Waals surface area (Å²) < 4.78 is 13.5. The van der Waals surface area contributed by atoms with Crippen LogP contribution in [0, 0.1) is 15.9 Å². The average Bonchev–Trinajstić information content (AvgIpc) is 2.41. The van der Waals surface area contributed by atoms with Crippen molar-refractivity contribution in [1.29, 1.82) is 0 Å². The summed E-state index contributed by atoms with van der Waals surface area (Å²) in [6.07, 6.45) is 0. The van der Waals surface area contributed by atoms with E-state index in [2.05, 4.69) is 10.6 Å². The Balaban J connectivity index is 2.37. The Morgan fingerprint density at radius 3 is 2.47 bits per heavy atom. The van der Waals surface area contributed by atoms with Crippen LogP contribution < -0.4 is 10.6 Å². The first kappa shape index (κ1) is 12.8. The van der Waals surface area contributed by atoms with Crippen LogP contribution in [0.3, 0.4) is 0 Å². The molecule has 0 unspecified atom stereocenters. The van der Waals surface area contributed by atoms with Crippen molar-refractivity contribution in [2.75, 3.05) is 17.7 Å². The van der Waals surface area contributed by atoms with Gasteiger partial charge in [0.15, 0.2) is 0 Å². The standard InChI is InChI=1S/C13H12FN3O2/c1-15-9-6-10(8-11(7-9)17(18)19)16-13-5-3-2-4-12(13)14/h2-8,15-16H,1H3. The van der Waals surface area contributed by atoms with E-state index in [0.29, 0.717) is 11.4 Å². The maximum atomic E-state index is 13.5. The number of nitrogens with zero attached hydrogens (tertiary/aromatic N) is 1. The zero-order valence-electron chi connectivity index (χ0n) is 10.2. The molecule has 0 atom stereocenters. The van der Waals surface area contributed by atoms with E-state index in [1.54, 1.807) is 31.3 Å². The van der Waals surface area contributed by atoms with Crippen molar-refractivity contribution in [3.63, 3.8) is 0 Å². The summed E-state index contributed by atoms with van der Waals surface area (Å²) in [5, 5.41) is 16.5. The lowest BCUT2D eigenvalue weighted by Crippen LogP contribution is -1.98. The van der Waals surface area contributed by atoms with Gasteiger partial charge in [-0.3, -0.25) is 10.1 Å². The van der Waals surface area contributed by atoms with Crippen LogP contribution in [0.4, 0.5) is 27.1 Å².